The molecular formula is C52H33NO2. The Morgan fingerprint density at radius 3 is 1.75 bits per heavy atom. The Hall–Kier alpha value is -7.36. The van der Waals surface area contributed by atoms with Gasteiger partial charge >= 0.3 is 0 Å². The second kappa shape index (κ2) is 12.6. The lowest BCUT2D eigenvalue weighted by Gasteiger charge is -2.28. The van der Waals surface area contributed by atoms with E-state index in [1.165, 1.54) is 27.5 Å². The van der Waals surface area contributed by atoms with Crippen molar-refractivity contribution in [1.29, 1.82) is 0 Å². The molecule has 0 amide bonds. The van der Waals surface area contributed by atoms with Gasteiger partial charge in [-0.2, -0.15) is 0 Å². The van der Waals surface area contributed by atoms with Crippen molar-refractivity contribution in [2.24, 2.45) is 0 Å². The molecule has 0 bridgehead atoms. The summed E-state index contributed by atoms with van der Waals surface area (Å²) in [4.78, 5) is 2.37. The third-order valence-corrected chi connectivity index (χ3v) is 10.9. The number of anilines is 3. The number of hydrogen-bond donors (Lipinski definition) is 0. The fourth-order valence-corrected chi connectivity index (χ4v) is 8.33. The molecule has 0 saturated heterocycles. The van der Waals surface area contributed by atoms with Crippen LogP contribution in [-0.4, -0.2) is 0 Å². The monoisotopic (exact) mass is 703 g/mol. The second-order valence-corrected chi connectivity index (χ2v) is 14.1. The van der Waals surface area contributed by atoms with E-state index in [-0.39, 0.29) is 0 Å². The van der Waals surface area contributed by atoms with Gasteiger partial charge in [0.2, 0.25) is 0 Å². The molecule has 55 heavy (non-hydrogen) atoms. The second-order valence-electron chi connectivity index (χ2n) is 14.1. The van der Waals surface area contributed by atoms with Crippen LogP contribution in [0.4, 0.5) is 17.1 Å². The number of furan rings is 2. The number of hydrogen-bond acceptors (Lipinski definition) is 3. The zero-order valence-electron chi connectivity index (χ0n) is 29.8. The molecule has 0 saturated carbocycles. The maximum Gasteiger partial charge on any atom is 0.137 e. The average Bonchev–Trinajstić information content (AvgIpc) is 3.82. The molecule has 0 aliphatic heterocycles. The zero-order valence-corrected chi connectivity index (χ0v) is 29.8. The maximum atomic E-state index is 6.47. The highest BCUT2D eigenvalue weighted by Gasteiger charge is 2.22. The quantitative estimate of drug-likeness (QED) is 0.173. The molecule has 0 aliphatic rings. The largest absolute Gasteiger partial charge is 0.456 e. The average molecular weight is 704 g/mol. The summed E-state index contributed by atoms with van der Waals surface area (Å²) in [7, 11) is 0. The Balaban J connectivity index is 1.13. The third kappa shape index (κ3) is 5.20. The molecule has 0 atom stereocenters. The lowest BCUT2D eigenvalue weighted by molar-refractivity contribution is 0.668. The molecule has 9 aromatic carbocycles. The number of fused-ring (bicyclic) bond motifs is 7. The fraction of sp³-hybridized carbons (Fsp3) is 0. The lowest BCUT2D eigenvalue weighted by atomic mass is 9.92. The van der Waals surface area contributed by atoms with Gasteiger partial charge in [0, 0.05) is 44.5 Å². The van der Waals surface area contributed by atoms with Crippen LogP contribution in [0.5, 0.6) is 0 Å². The molecule has 0 aliphatic carbocycles. The van der Waals surface area contributed by atoms with Crippen LogP contribution in [0.3, 0.4) is 0 Å². The van der Waals surface area contributed by atoms with Gasteiger partial charge < -0.3 is 13.7 Å². The molecule has 3 nitrogen and oxygen atoms in total. The predicted octanol–water partition coefficient (Wildman–Crippen LogP) is 15.1. The summed E-state index contributed by atoms with van der Waals surface area (Å²) in [5.41, 5.74) is 13.5. The molecule has 0 unspecified atom stereocenters. The van der Waals surface area contributed by atoms with Crippen molar-refractivity contribution in [1.82, 2.24) is 0 Å². The van der Waals surface area contributed by atoms with Crippen LogP contribution in [0.2, 0.25) is 0 Å². The van der Waals surface area contributed by atoms with Gasteiger partial charge in [-0.1, -0.05) is 140 Å². The molecule has 2 heterocycles. The summed E-state index contributed by atoms with van der Waals surface area (Å²) in [6.45, 7) is 0. The maximum absolute atomic E-state index is 6.47. The highest BCUT2D eigenvalue weighted by molar-refractivity contribution is 6.14. The van der Waals surface area contributed by atoms with Crippen LogP contribution < -0.4 is 4.90 Å². The van der Waals surface area contributed by atoms with E-state index >= 15 is 0 Å². The number of nitrogens with zero attached hydrogens (tertiary/aromatic N) is 1. The summed E-state index contributed by atoms with van der Waals surface area (Å²) in [6, 6.07) is 71.1. The van der Waals surface area contributed by atoms with Crippen LogP contribution in [0.15, 0.2) is 209 Å². The first-order valence-electron chi connectivity index (χ1n) is 18.7. The van der Waals surface area contributed by atoms with Gasteiger partial charge in [0.25, 0.3) is 0 Å². The minimum Gasteiger partial charge on any atom is -0.456 e. The molecule has 3 heteroatoms. The molecule has 2 aromatic heterocycles. The van der Waals surface area contributed by atoms with Crippen molar-refractivity contribution in [3.63, 3.8) is 0 Å². The minimum atomic E-state index is 0.849. The van der Waals surface area contributed by atoms with Crippen molar-refractivity contribution in [2.45, 2.75) is 0 Å². The van der Waals surface area contributed by atoms with Gasteiger partial charge in [-0.05, 0) is 93.2 Å². The molecule has 11 rings (SSSR count). The Morgan fingerprint density at radius 1 is 0.309 bits per heavy atom. The topological polar surface area (TPSA) is 29.5 Å². The van der Waals surface area contributed by atoms with Crippen LogP contribution >= 0.6 is 0 Å². The molecule has 258 valence electrons. The number of rotatable bonds is 6. The van der Waals surface area contributed by atoms with Crippen LogP contribution in [0.1, 0.15) is 0 Å². The molecule has 0 fully saturated rings. The van der Waals surface area contributed by atoms with Gasteiger partial charge in [-0.25, -0.2) is 0 Å². The Labute approximate surface area is 317 Å². The van der Waals surface area contributed by atoms with Crippen molar-refractivity contribution < 1.29 is 8.83 Å². The highest BCUT2D eigenvalue weighted by Crippen LogP contribution is 2.46. The Kier molecular flexibility index (Phi) is 7.17. The van der Waals surface area contributed by atoms with Crippen LogP contribution in [-0.2, 0) is 0 Å². The van der Waals surface area contributed by atoms with E-state index in [9.17, 15) is 0 Å². The SMILES string of the molecule is c1cc(-c2ccccc2-c2ccc3ccccc3c2)cc(N(c2ccc3c(c2)oc2ccccc23)c2ccccc2-c2cccc3oc4ccccc4c23)c1. The first-order chi connectivity index (χ1) is 27.3. The van der Waals surface area contributed by atoms with Crippen molar-refractivity contribution >= 4 is 71.7 Å². The minimum absolute atomic E-state index is 0.849. The summed E-state index contributed by atoms with van der Waals surface area (Å²) in [5, 5.41) is 6.89. The normalized spacial score (nSPS) is 11.6. The summed E-state index contributed by atoms with van der Waals surface area (Å²) < 4.78 is 12.8. The van der Waals surface area contributed by atoms with Crippen molar-refractivity contribution in [3.05, 3.63) is 200 Å². The van der Waals surface area contributed by atoms with Crippen LogP contribution in [0, 0.1) is 0 Å². The summed E-state index contributed by atoms with van der Waals surface area (Å²) in [6.07, 6.45) is 0. The fourth-order valence-electron chi connectivity index (χ4n) is 8.33. The summed E-state index contributed by atoms with van der Waals surface area (Å²) >= 11 is 0. The molecule has 11 aromatic rings. The van der Waals surface area contributed by atoms with Gasteiger partial charge in [0.1, 0.15) is 22.3 Å². The lowest BCUT2D eigenvalue weighted by Crippen LogP contribution is -2.11. The molecular weight excluding hydrogens is 671 g/mol. The van der Waals surface area contributed by atoms with Gasteiger partial charge in [0.05, 0.1) is 5.69 Å². The predicted molar refractivity (Wildman–Crippen MR) is 229 cm³/mol. The molecule has 0 spiro atoms. The standard InChI is InChI=1S/C52H33NO2/c1-2-14-35-31-37(28-27-34(35)13-1)41-18-4-3-17-40(41)36-15-11-16-38(32-36)53(39-29-30-44-43-20-6-9-24-48(43)55-51(44)33-39)47-23-8-5-19-42(47)45-22-12-26-50-52(45)46-21-7-10-25-49(46)54-50/h1-33H. The van der Waals surface area contributed by atoms with E-state index < -0.39 is 0 Å². The van der Waals surface area contributed by atoms with Crippen LogP contribution in [0.25, 0.3) is 88.0 Å². The smallest absolute Gasteiger partial charge is 0.137 e. The molecule has 0 N–H and O–H groups in total. The van der Waals surface area contributed by atoms with E-state index in [1.807, 2.05) is 24.3 Å². The Morgan fingerprint density at radius 2 is 0.891 bits per heavy atom. The van der Waals surface area contributed by atoms with E-state index in [0.717, 1.165) is 77.6 Å². The first-order valence-corrected chi connectivity index (χ1v) is 18.7. The summed E-state index contributed by atoms with van der Waals surface area (Å²) in [5.74, 6) is 0. The highest BCUT2D eigenvalue weighted by atomic mass is 16.3. The third-order valence-electron chi connectivity index (χ3n) is 10.9. The van der Waals surface area contributed by atoms with E-state index in [4.69, 9.17) is 8.83 Å². The van der Waals surface area contributed by atoms with Gasteiger partial charge in [0.15, 0.2) is 0 Å². The van der Waals surface area contributed by atoms with E-state index in [1.54, 1.807) is 0 Å². The van der Waals surface area contributed by atoms with E-state index in [2.05, 4.69) is 181 Å². The van der Waals surface area contributed by atoms with Crippen molar-refractivity contribution in [3.8, 4) is 33.4 Å². The number of para-hydroxylation sites is 3. The molecule has 0 radical (unpaired) electrons. The van der Waals surface area contributed by atoms with E-state index in [0.29, 0.717) is 0 Å². The van der Waals surface area contributed by atoms with Gasteiger partial charge in [-0.3, -0.25) is 0 Å². The number of benzene rings is 9. The Bertz CT molecular complexity index is 3240. The van der Waals surface area contributed by atoms with Gasteiger partial charge in [-0.15, -0.1) is 0 Å². The van der Waals surface area contributed by atoms with Crippen molar-refractivity contribution in [2.75, 3.05) is 4.90 Å². The zero-order chi connectivity index (χ0) is 36.3. The first kappa shape index (κ1) is 31.2.